The average Bonchev–Trinajstić information content (AvgIpc) is 2.90. The Morgan fingerprint density at radius 3 is 2.48 bits per heavy atom. The van der Waals surface area contributed by atoms with Crippen LogP contribution in [0.4, 0.5) is 0 Å². The van der Waals surface area contributed by atoms with E-state index in [1.165, 1.54) is 27.6 Å². The molecule has 2 heteroatoms. The van der Waals surface area contributed by atoms with Gasteiger partial charge in [-0.2, -0.15) is 0 Å². The van der Waals surface area contributed by atoms with Crippen LogP contribution in [0.15, 0.2) is 54.7 Å². The predicted octanol–water partition coefficient (Wildman–Crippen LogP) is 4.11. The second kappa shape index (κ2) is 6.15. The van der Waals surface area contributed by atoms with Crippen LogP contribution in [0.5, 0.6) is 0 Å². The van der Waals surface area contributed by atoms with E-state index in [1.54, 1.807) is 0 Å². The molecule has 0 radical (unpaired) electrons. The van der Waals surface area contributed by atoms with Gasteiger partial charge in [-0.25, -0.2) is 0 Å². The number of aromatic nitrogens is 1. The third-order valence-electron chi connectivity index (χ3n) is 3.89. The van der Waals surface area contributed by atoms with Crippen molar-refractivity contribution in [1.29, 1.82) is 0 Å². The molecule has 1 N–H and O–H groups in total. The molecule has 0 saturated heterocycles. The number of fused-ring (bicyclic) bond motifs is 1. The van der Waals surface area contributed by atoms with Crippen LogP contribution in [0, 0.1) is 6.92 Å². The molecule has 0 aliphatic carbocycles. The van der Waals surface area contributed by atoms with Gasteiger partial charge in [-0.15, -0.1) is 0 Å². The first-order valence-electron chi connectivity index (χ1n) is 7.60. The molecule has 3 rings (SSSR count). The van der Waals surface area contributed by atoms with Crippen molar-refractivity contribution in [2.45, 2.75) is 26.9 Å². The zero-order valence-corrected chi connectivity index (χ0v) is 12.8. The maximum Gasteiger partial charge on any atom is 0.0483 e. The summed E-state index contributed by atoms with van der Waals surface area (Å²) in [4.78, 5) is 0. The van der Waals surface area contributed by atoms with Crippen molar-refractivity contribution < 1.29 is 0 Å². The molecule has 1 heterocycles. The summed E-state index contributed by atoms with van der Waals surface area (Å²) in [6.45, 7) is 7.13. The van der Waals surface area contributed by atoms with Gasteiger partial charge in [0, 0.05) is 24.8 Å². The van der Waals surface area contributed by atoms with Gasteiger partial charge in [0.25, 0.3) is 0 Å². The van der Waals surface area contributed by atoms with E-state index in [1.807, 2.05) is 0 Å². The summed E-state index contributed by atoms with van der Waals surface area (Å²) in [7, 11) is 0. The normalized spacial score (nSPS) is 11.1. The molecule has 0 bridgehead atoms. The smallest absolute Gasteiger partial charge is 0.0483 e. The molecule has 0 fully saturated rings. The molecule has 108 valence electrons. The lowest BCUT2D eigenvalue weighted by Crippen LogP contribution is -2.11. The summed E-state index contributed by atoms with van der Waals surface area (Å²) < 4.78 is 2.32. The van der Waals surface area contributed by atoms with Crippen molar-refractivity contribution in [3.8, 4) is 0 Å². The standard InChI is InChI=1S/C19H22N2/c1-3-20-13-17-8-9-19-18(12-17)10-11-21(19)14-16-6-4-15(2)5-7-16/h4-12,20H,3,13-14H2,1-2H3. The highest BCUT2D eigenvalue weighted by Crippen LogP contribution is 2.19. The lowest BCUT2D eigenvalue weighted by molar-refractivity contribution is 0.727. The molecule has 0 spiro atoms. The van der Waals surface area contributed by atoms with E-state index in [2.05, 4.69) is 78.5 Å². The Bertz CT molecular complexity index is 723. The number of benzene rings is 2. The number of nitrogens with zero attached hydrogens (tertiary/aromatic N) is 1. The molecule has 2 nitrogen and oxygen atoms in total. The highest BCUT2D eigenvalue weighted by molar-refractivity contribution is 5.81. The maximum atomic E-state index is 3.37. The fraction of sp³-hybridized carbons (Fsp3) is 0.263. The second-order valence-electron chi connectivity index (χ2n) is 5.60. The van der Waals surface area contributed by atoms with Gasteiger partial charge in [-0.3, -0.25) is 0 Å². The first-order chi connectivity index (χ1) is 10.3. The zero-order chi connectivity index (χ0) is 14.7. The molecule has 0 aliphatic heterocycles. The third kappa shape index (κ3) is 3.17. The van der Waals surface area contributed by atoms with Gasteiger partial charge in [-0.05, 0) is 48.2 Å². The van der Waals surface area contributed by atoms with E-state index in [-0.39, 0.29) is 0 Å². The minimum Gasteiger partial charge on any atom is -0.343 e. The van der Waals surface area contributed by atoms with Crippen molar-refractivity contribution >= 4 is 10.9 Å². The Hall–Kier alpha value is -2.06. The number of hydrogen-bond donors (Lipinski definition) is 1. The van der Waals surface area contributed by atoms with Gasteiger partial charge >= 0.3 is 0 Å². The van der Waals surface area contributed by atoms with Crippen molar-refractivity contribution in [2.24, 2.45) is 0 Å². The summed E-state index contributed by atoms with van der Waals surface area (Å²) in [5, 5.41) is 4.69. The lowest BCUT2D eigenvalue weighted by Gasteiger charge is -2.07. The van der Waals surface area contributed by atoms with Crippen molar-refractivity contribution in [3.63, 3.8) is 0 Å². The van der Waals surface area contributed by atoms with Crippen LogP contribution in [0.25, 0.3) is 10.9 Å². The van der Waals surface area contributed by atoms with Crippen molar-refractivity contribution in [1.82, 2.24) is 9.88 Å². The van der Waals surface area contributed by atoms with Gasteiger partial charge in [0.1, 0.15) is 0 Å². The molecule has 2 aromatic carbocycles. The summed E-state index contributed by atoms with van der Waals surface area (Å²) in [6.07, 6.45) is 2.18. The highest BCUT2D eigenvalue weighted by Gasteiger charge is 2.03. The fourth-order valence-corrected chi connectivity index (χ4v) is 2.66. The summed E-state index contributed by atoms with van der Waals surface area (Å²) in [5.74, 6) is 0. The van der Waals surface area contributed by atoms with E-state index in [4.69, 9.17) is 0 Å². The molecule has 0 saturated carbocycles. The van der Waals surface area contributed by atoms with Crippen LogP contribution in [-0.4, -0.2) is 11.1 Å². The molecular weight excluding hydrogens is 256 g/mol. The van der Waals surface area contributed by atoms with E-state index in [0.29, 0.717) is 0 Å². The van der Waals surface area contributed by atoms with E-state index >= 15 is 0 Å². The van der Waals surface area contributed by atoms with E-state index in [9.17, 15) is 0 Å². The van der Waals surface area contributed by atoms with Crippen LogP contribution in [0.3, 0.4) is 0 Å². The van der Waals surface area contributed by atoms with Crippen molar-refractivity contribution in [3.05, 3.63) is 71.4 Å². The Kier molecular flexibility index (Phi) is 4.07. The maximum absolute atomic E-state index is 3.37. The van der Waals surface area contributed by atoms with Crippen LogP contribution < -0.4 is 5.32 Å². The van der Waals surface area contributed by atoms with Gasteiger partial charge in [0.05, 0.1) is 0 Å². The topological polar surface area (TPSA) is 17.0 Å². The summed E-state index contributed by atoms with van der Waals surface area (Å²) in [6, 6.07) is 17.7. The zero-order valence-electron chi connectivity index (χ0n) is 12.8. The predicted molar refractivity (Wildman–Crippen MR) is 89.6 cm³/mol. The highest BCUT2D eigenvalue weighted by atomic mass is 14.9. The van der Waals surface area contributed by atoms with Crippen LogP contribution in [0.1, 0.15) is 23.6 Å². The van der Waals surface area contributed by atoms with Crippen molar-refractivity contribution in [2.75, 3.05) is 6.54 Å². The third-order valence-corrected chi connectivity index (χ3v) is 3.89. The Morgan fingerprint density at radius 2 is 1.71 bits per heavy atom. The molecule has 0 unspecified atom stereocenters. The minimum absolute atomic E-state index is 0.927. The van der Waals surface area contributed by atoms with Crippen LogP contribution >= 0.6 is 0 Å². The first-order valence-corrected chi connectivity index (χ1v) is 7.60. The molecular formula is C19H22N2. The summed E-state index contributed by atoms with van der Waals surface area (Å²) >= 11 is 0. The molecule has 0 amide bonds. The first kappa shape index (κ1) is 13.9. The second-order valence-corrected chi connectivity index (χ2v) is 5.60. The Morgan fingerprint density at radius 1 is 0.952 bits per heavy atom. The summed E-state index contributed by atoms with van der Waals surface area (Å²) in [5.41, 5.74) is 5.30. The number of aryl methyl sites for hydroxylation is 1. The molecule has 3 aromatic rings. The van der Waals surface area contributed by atoms with Gasteiger partial charge in [0.15, 0.2) is 0 Å². The quantitative estimate of drug-likeness (QED) is 0.743. The number of rotatable bonds is 5. The van der Waals surface area contributed by atoms with E-state index in [0.717, 1.165) is 19.6 Å². The monoisotopic (exact) mass is 278 g/mol. The minimum atomic E-state index is 0.927. The average molecular weight is 278 g/mol. The Labute approximate surface area is 126 Å². The molecule has 0 aliphatic rings. The van der Waals surface area contributed by atoms with Gasteiger partial charge in [-0.1, -0.05) is 42.8 Å². The Balaban J connectivity index is 1.84. The number of nitrogens with one attached hydrogen (secondary N) is 1. The number of hydrogen-bond acceptors (Lipinski definition) is 1. The van der Waals surface area contributed by atoms with Crippen LogP contribution in [0.2, 0.25) is 0 Å². The van der Waals surface area contributed by atoms with Gasteiger partial charge < -0.3 is 9.88 Å². The van der Waals surface area contributed by atoms with E-state index < -0.39 is 0 Å². The largest absolute Gasteiger partial charge is 0.343 e. The SMILES string of the molecule is CCNCc1ccc2c(ccn2Cc2ccc(C)cc2)c1. The lowest BCUT2D eigenvalue weighted by atomic mass is 10.1. The fourth-order valence-electron chi connectivity index (χ4n) is 2.66. The van der Waals surface area contributed by atoms with Crippen LogP contribution in [-0.2, 0) is 13.1 Å². The molecule has 1 aromatic heterocycles. The van der Waals surface area contributed by atoms with Gasteiger partial charge in [0.2, 0.25) is 0 Å². The molecule has 0 atom stereocenters. The molecule has 21 heavy (non-hydrogen) atoms.